The number of methoxy groups -OCH3 is 1. The lowest BCUT2D eigenvalue weighted by atomic mass is 10.2. The zero-order chi connectivity index (χ0) is 21.8. The number of fused-ring (bicyclic) bond motifs is 1. The van der Waals surface area contributed by atoms with Crippen LogP contribution >= 0.6 is 0 Å². The number of hydrogen-bond acceptors (Lipinski definition) is 7. The Balaban J connectivity index is 1.34. The number of hydrogen-bond donors (Lipinski definition) is 4. The van der Waals surface area contributed by atoms with Gasteiger partial charge in [0.05, 0.1) is 31.6 Å². The number of rotatable bonds is 9. The van der Waals surface area contributed by atoms with Crippen molar-refractivity contribution in [3.05, 3.63) is 71.5 Å². The van der Waals surface area contributed by atoms with Crippen molar-refractivity contribution in [3.63, 3.8) is 0 Å². The van der Waals surface area contributed by atoms with E-state index in [1.165, 1.54) is 44.0 Å². The van der Waals surface area contributed by atoms with Crippen molar-refractivity contribution in [2.24, 2.45) is 5.84 Å². The molecule has 0 spiro atoms. The van der Waals surface area contributed by atoms with Crippen LogP contribution in [0.5, 0.6) is 5.75 Å². The van der Waals surface area contributed by atoms with E-state index in [1.807, 2.05) is 16.7 Å². The first kappa shape index (κ1) is 20.6. The fraction of sp³-hybridized carbons (Fsp3) is 0.286. The van der Waals surface area contributed by atoms with Gasteiger partial charge in [0.25, 0.3) is 5.91 Å². The van der Waals surface area contributed by atoms with Gasteiger partial charge in [-0.05, 0) is 30.4 Å². The maximum atomic E-state index is 14.1. The predicted octanol–water partition coefficient (Wildman–Crippen LogP) is 1.47. The first-order chi connectivity index (χ1) is 15.1. The van der Waals surface area contributed by atoms with Gasteiger partial charge in [-0.15, -0.1) is 0 Å². The molecule has 3 aromatic heterocycles. The van der Waals surface area contributed by atoms with Gasteiger partial charge in [0.15, 0.2) is 11.6 Å². The van der Waals surface area contributed by atoms with E-state index in [0.29, 0.717) is 12.5 Å². The summed E-state index contributed by atoms with van der Waals surface area (Å²) >= 11 is 0. The third-order valence-electron chi connectivity index (χ3n) is 5.06. The largest absolute Gasteiger partial charge is 0.494 e. The number of amides is 1. The van der Waals surface area contributed by atoms with Crippen LogP contribution in [0.4, 0.5) is 4.39 Å². The quantitative estimate of drug-likeness (QED) is 0.233. The van der Waals surface area contributed by atoms with E-state index in [4.69, 9.17) is 10.6 Å². The number of halogens is 1. The van der Waals surface area contributed by atoms with E-state index in [-0.39, 0.29) is 23.7 Å². The molecule has 162 valence electrons. The summed E-state index contributed by atoms with van der Waals surface area (Å²) in [4.78, 5) is 20.8. The minimum atomic E-state index is -0.619. The number of pyridine rings is 2. The number of imidazole rings is 1. The van der Waals surface area contributed by atoms with Gasteiger partial charge in [-0.3, -0.25) is 15.6 Å². The molecule has 4 rings (SSSR count). The van der Waals surface area contributed by atoms with Crippen molar-refractivity contribution in [3.8, 4) is 5.75 Å². The SMILES string of the molecule is COc1ccnc(CNC(=O)/C(=C/NCc2cn3cc(C4CC4)ccc3n2)NN)c1F. The number of nitrogens with zero attached hydrogens (tertiary/aromatic N) is 3. The van der Waals surface area contributed by atoms with E-state index >= 15 is 0 Å². The van der Waals surface area contributed by atoms with E-state index in [1.54, 1.807) is 0 Å². The van der Waals surface area contributed by atoms with Gasteiger partial charge in [-0.2, -0.15) is 0 Å². The monoisotopic (exact) mass is 425 g/mol. The molecular formula is C21H24FN7O2. The molecule has 0 aromatic carbocycles. The highest BCUT2D eigenvalue weighted by Crippen LogP contribution is 2.39. The molecule has 1 saturated carbocycles. The summed E-state index contributed by atoms with van der Waals surface area (Å²) in [5, 5.41) is 5.59. The summed E-state index contributed by atoms with van der Waals surface area (Å²) in [6, 6.07) is 5.54. The van der Waals surface area contributed by atoms with Gasteiger partial charge in [0, 0.05) is 30.9 Å². The highest BCUT2D eigenvalue weighted by molar-refractivity contribution is 5.92. The van der Waals surface area contributed by atoms with Crippen molar-refractivity contribution >= 4 is 11.6 Å². The van der Waals surface area contributed by atoms with Crippen LogP contribution in [0.3, 0.4) is 0 Å². The summed E-state index contributed by atoms with van der Waals surface area (Å²) in [5.74, 6) is 5.07. The molecule has 10 heteroatoms. The Hall–Kier alpha value is -3.66. The molecule has 1 aliphatic carbocycles. The average molecular weight is 425 g/mol. The molecule has 31 heavy (non-hydrogen) atoms. The van der Waals surface area contributed by atoms with Gasteiger partial charge in [-0.1, -0.05) is 6.07 Å². The lowest BCUT2D eigenvalue weighted by Gasteiger charge is -2.10. The lowest BCUT2D eigenvalue weighted by Crippen LogP contribution is -2.36. The fourth-order valence-electron chi connectivity index (χ4n) is 3.24. The summed E-state index contributed by atoms with van der Waals surface area (Å²) in [5.41, 5.74) is 5.51. The molecule has 0 aliphatic heterocycles. The molecule has 1 aliphatic rings. The number of nitrogens with one attached hydrogen (secondary N) is 3. The van der Waals surface area contributed by atoms with Crippen LogP contribution in [0.2, 0.25) is 0 Å². The molecule has 3 aromatic rings. The molecule has 0 radical (unpaired) electrons. The molecule has 0 saturated heterocycles. The maximum absolute atomic E-state index is 14.1. The van der Waals surface area contributed by atoms with Crippen LogP contribution in [0, 0.1) is 5.82 Å². The van der Waals surface area contributed by atoms with E-state index in [0.717, 1.165) is 11.3 Å². The molecule has 5 N–H and O–H groups in total. The molecule has 1 fully saturated rings. The third-order valence-corrected chi connectivity index (χ3v) is 5.06. The summed E-state index contributed by atoms with van der Waals surface area (Å²) in [6.07, 6.45) is 9.42. The Morgan fingerprint density at radius 2 is 2.16 bits per heavy atom. The van der Waals surface area contributed by atoms with Gasteiger partial charge < -0.3 is 25.2 Å². The van der Waals surface area contributed by atoms with Gasteiger partial charge in [-0.25, -0.2) is 9.37 Å². The number of ether oxygens (including phenoxy) is 1. The van der Waals surface area contributed by atoms with Crippen LogP contribution in [0.25, 0.3) is 5.65 Å². The van der Waals surface area contributed by atoms with Crippen LogP contribution in [-0.2, 0) is 17.9 Å². The summed E-state index contributed by atoms with van der Waals surface area (Å²) in [6.45, 7) is 0.293. The normalized spacial score (nSPS) is 13.8. The Bertz CT molecular complexity index is 1120. The molecule has 0 bridgehead atoms. The standard InChI is InChI=1S/C21H24FN7O2/c1-31-18-6-7-25-16(20(18)22)10-26-21(30)17(28-23)9-24-8-15-12-29-11-14(13-2-3-13)4-5-19(29)27-15/h4-7,9,11-13,24,28H,2-3,8,10,23H2,1H3,(H,26,30)/b17-9-. The van der Waals surface area contributed by atoms with Crippen molar-refractivity contribution < 1.29 is 13.9 Å². The summed E-state index contributed by atoms with van der Waals surface area (Å²) < 4.78 is 21.1. The Morgan fingerprint density at radius 1 is 1.32 bits per heavy atom. The second-order valence-electron chi connectivity index (χ2n) is 7.27. The molecule has 0 unspecified atom stereocenters. The lowest BCUT2D eigenvalue weighted by molar-refractivity contribution is -0.118. The second-order valence-corrected chi connectivity index (χ2v) is 7.27. The Morgan fingerprint density at radius 3 is 2.90 bits per heavy atom. The highest BCUT2D eigenvalue weighted by atomic mass is 19.1. The van der Waals surface area contributed by atoms with Gasteiger partial charge >= 0.3 is 0 Å². The smallest absolute Gasteiger partial charge is 0.270 e. The number of nitrogens with two attached hydrogens (primary N) is 1. The van der Waals surface area contributed by atoms with Crippen LogP contribution in [-0.4, -0.2) is 27.4 Å². The molecule has 0 atom stereocenters. The molecule has 3 heterocycles. The van der Waals surface area contributed by atoms with E-state index in [9.17, 15) is 9.18 Å². The Kier molecular flexibility index (Phi) is 5.99. The molecule has 9 nitrogen and oxygen atoms in total. The fourth-order valence-corrected chi connectivity index (χ4v) is 3.24. The maximum Gasteiger partial charge on any atom is 0.270 e. The van der Waals surface area contributed by atoms with Crippen molar-refractivity contribution in [2.45, 2.75) is 31.8 Å². The summed E-state index contributed by atoms with van der Waals surface area (Å²) in [7, 11) is 1.36. The number of carbonyl (C=O) groups is 1. The third kappa shape index (κ3) is 4.75. The zero-order valence-corrected chi connectivity index (χ0v) is 17.1. The second kappa shape index (κ2) is 9.00. The first-order valence-corrected chi connectivity index (χ1v) is 9.92. The van der Waals surface area contributed by atoms with Crippen molar-refractivity contribution in [2.75, 3.05) is 7.11 Å². The minimum Gasteiger partial charge on any atom is -0.494 e. The van der Waals surface area contributed by atoms with Gasteiger partial charge in [0.1, 0.15) is 11.3 Å². The van der Waals surface area contributed by atoms with Crippen LogP contribution in [0.1, 0.15) is 35.7 Å². The van der Waals surface area contributed by atoms with Crippen molar-refractivity contribution in [1.29, 1.82) is 0 Å². The molecular weight excluding hydrogens is 401 g/mol. The van der Waals surface area contributed by atoms with Crippen LogP contribution < -0.4 is 26.6 Å². The first-order valence-electron chi connectivity index (χ1n) is 9.92. The number of carbonyl (C=O) groups excluding carboxylic acids is 1. The average Bonchev–Trinajstić information content (AvgIpc) is 3.55. The number of hydrazine groups is 1. The minimum absolute atomic E-state index is 0.0605. The number of aromatic nitrogens is 3. The highest BCUT2D eigenvalue weighted by Gasteiger charge is 2.23. The predicted molar refractivity (Wildman–Crippen MR) is 112 cm³/mol. The van der Waals surface area contributed by atoms with E-state index in [2.05, 4.69) is 38.3 Å². The van der Waals surface area contributed by atoms with Crippen LogP contribution in [0.15, 0.2) is 48.7 Å². The Labute approximate surface area is 178 Å². The zero-order valence-electron chi connectivity index (χ0n) is 17.1. The van der Waals surface area contributed by atoms with Gasteiger partial charge in [0.2, 0.25) is 0 Å². The molecule has 1 amide bonds. The van der Waals surface area contributed by atoms with Crippen molar-refractivity contribution in [1.82, 2.24) is 30.4 Å². The topological polar surface area (TPSA) is 119 Å². The van der Waals surface area contributed by atoms with E-state index < -0.39 is 11.7 Å².